The van der Waals surface area contributed by atoms with E-state index in [4.69, 9.17) is 28.3 Å². The number of carboxylic acid groups (broad SMARTS) is 1. The van der Waals surface area contributed by atoms with Gasteiger partial charge in [-0.2, -0.15) is 0 Å². The Hall–Kier alpha value is -0.730. The van der Waals surface area contributed by atoms with Crippen LogP contribution in [0.4, 0.5) is 0 Å². The largest absolute Gasteiger partial charge is 0.481 e. The molecule has 2 nitrogen and oxygen atoms in total. The minimum Gasteiger partial charge on any atom is -0.481 e. The lowest BCUT2D eigenvalue weighted by atomic mass is 10.1. The first-order valence-corrected chi connectivity index (χ1v) is 6.00. The van der Waals surface area contributed by atoms with Crippen molar-refractivity contribution in [3.8, 4) is 0 Å². The molecule has 0 spiro atoms. The topological polar surface area (TPSA) is 37.3 Å². The van der Waals surface area contributed by atoms with Gasteiger partial charge in [0.25, 0.3) is 0 Å². The van der Waals surface area contributed by atoms with E-state index in [0.717, 1.165) is 24.8 Å². The molecule has 86 valence electrons. The lowest BCUT2D eigenvalue weighted by Crippen LogP contribution is -2.00. The summed E-state index contributed by atoms with van der Waals surface area (Å²) in [5.41, 5.74) is 1.00. The van der Waals surface area contributed by atoms with Gasteiger partial charge in [-0.15, -0.1) is 0 Å². The molecular formula is C12H12Cl2O2. The van der Waals surface area contributed by atoms with Gasteiger partial charge in [0.2, 0.25) is 0 Å². The fraction of sp³-hybridized carbons (Fsp3) is 0.417. The molecule has 1 N–H and O–H groups in total. The van der Waals surface area contributed by atoms with Crippen LogP contribution in [0.15, 0.2) is 18.2 Å². The van der Waals surface area contributed by atoms with E-state index in [1.165, 1.54) is 0 Å². The molecule has 2 unspecified atom stereocenters. The smallest absolute Gasteiger partial charge is 0.306 e. The highest BCUT2D eigenvalue weighted by molar-refractivity contribution is 6.33. The molecule has 0 radical (unpaired) electrons. The number of hydrogen-bond donors (Lipinski definition) is 1. The standard InChI is InChI=1S/C12H12Cl2O2/c13-9-3-4-11(14)8(5-9)2-1-7-6-10(7)12(15)16/h3-5,7,10H,1-2,6H2,(H,15,16). The first kappa shape index (κ1) is 11.7. The third-order valence-electron chi connectivity index (χ3n) is 3.03. The highest BCUT2D eigenvalue weighted by Crippen LogP contribution is 2.42. The number of halogens is 2. The van der Waals surface area contributed by atoms with Gasteiger partial charge in [0.1, 0.15) is 0 Å². The van der Waals surface area contributed by atoms with Crippen LogP contribution in [0.2, 0.25) is 10.0 Å². The van der Waals surface area contributed by atoms with Gasteiger partial charge < -0.3 is 5.11 Å². The molecule has 16 heavy (non-hydrogen) atoms. The number of carbonyl (C=O) groups is 1. The molecule has 0 bridgehead atoms. The van der Waals surface area contributed by atoms with Gasteiger partial charge in [-0.25, -0.2) is 0 Å². The van der Waals surface area contributed by atoms with Crippen LogP contribution in [-0.2, 0) is 11.2 Å². The lowest BCUT2D eigenvalue weighted by molar-refractivity contribution is -0.138. The monoisotopic (exact) mass is 258 g/mol. The predicted molar refractivity (Wildman–Crippen MR) is 64.0 cm³/mol. The maximum atomic E-state index is 10.7. The van der Waals surface area contributed by atoms with E-state index in [9.17, 15) is 4.79 Å². The summed E-state index contributed by atoms with van der Waals surface area (Å²) in [6.07, 6.45) is 2.47. The van der Waals surface area contributed by atoms with Crippen LogP contribution in [0.1, 0.15) is 18.4 Å². The van der Waals surface area contributed by atoms with Crippen molar-refractivity contribution in [3.63, 3.8) is 0 Å². The molecule has 2 rings (SSSR count). The van der Waals surface area contributed by atoms with Crippen LogP contribution in [0, 0.1) is 11.8 Å². The molecule has 2 atom stereocenters. The Morgan fingerprint density at radius 1 is 1.44 bits per heavy atom. The van der Waals surface area contributed by atoms with Gasteiger partial charge in [0.15, 0.2) is 0 Å². The zero-order valence-electron chi connectivity index (χ0n) is 8.62. The number of carboxylic acids is 1. The second-order valence-corrected chi connectivity index (χ2v) is 5.06. The maximum Gasteiger partial charge on any atom is 0.306 e. The van der Waals surface area contributed by atoms with Crippen molar-refractivity contribution >= 4 is 29.2 Å². The SMILES string of the molecule is O=C(O)C1CC1CCc1cc(Cl)ccc1Cl. The van der Waals surface area contributed by atoms with E-state index in [1.807, 2.05) is 6.07 Å². The van der Waals surface area contributed by atoms with E-state index < -0.39 is 5.97 Å². The van der Waals surface area contributed by atoms with Gasteiger partial charge in [-0.1, -0.05) is 23.2 Å². The van der Waals surface area contributed by atoms with Crippen LogP contribution < -0.4 is 0 Å². The van der Waals surface area contributed by atoms with Crippen LogP contribution in [-0.4, -0.2) is 11.1 Å². The van der Waals surface area contributed by atoms with Gasteiger partial charge in [-0.3, -0.25) is 4.79 Å². The summed E-state index contributed by atoms with van der Waals surface area (Å²) in [4.78, 5) is 10.7. The average Bonchev–Trinajstić information content (AvgIpc) is 2.99. The number of aliphatic carboxylic acids is 1. The Labute approximate surface area is 104 Å². The van der Waals surface area contributed by atoms with E-state index in [1.54, 1.807) is 12.1 Å². The van der Waals surface area contributed by atoms with Crippen molar-refractivity contribution in [2.75, 3.05) is 0 Å². The molecule has 1 aromatic carbocycles. The third-order valence-corrected chi connectivity index (χ3v) is 3.64. The summed E-state index contributed by atoms with van der Waals surface area (Å²) >= 11 is 11.9. The van der Waals surface area contributed by atoms with Crippen LogP contribution in [0.25, 0.3) is 0 Å². The Morgan fingerprint density at radius 3 is 2.81 bits per heavy atom. The zero-order valence-corrected chi connectivity index (χ0v) is 10.1. The minimum absolute atomic E-state index is 0.141. The van der Waals surface area contributed by atoms with Crippen LogP contribution in [0.5, 0.6) is 0 Å². The van der Waals surface area contributed by atoms with Crippen LogP contribution in [0.3, 0.4) is 0 Å². The summed E-state index contributed by atoms with van der Waals surface area (Å²) in [5, 5.41) is 10.1. The van der Waals surface area contributed by atoms with Crippen LogP contribution >= 0.6 is 23.2 Å². The van der Waals surface area contributed by atoms with Crippen molar-refractivity contribution in [1.82, 2.24) is 0 Å². The van der Waals surface area contributed by atoms with Crippen molar-refractivity contribution < 1.29 is 9.90 Å². The summed E-state index contributed by atoms with van der Waals surface area (Å²) < 4.78 is 0. The van der Waals surface area contributed by atoms with E-state index in [0.29, 0.717) is 16.0 Å². The first-order valence-electron chi connectivity index (χ1n) is 5.24. The molecule has 1 aliphatic rings. The summed E-state index contributed by atoms with van der Waals surface area (Å²) in [5.74, 6) is -0.507. The predicted octanol–water partition coefficient (Wildman–Crippen LogP) is 3.65. The zero-order chi connectivity index (χ0) is 11.7. The van der Waals surface area contributed by atoms with Gasteiger partial charge in [-0.05, 0) is 48.9 Å². The number of benzene rings is 1. The molecule has 0 heterocycles. The van der Waals surface area contributed by atoms with E-state index in [-0.39, 0.29) is 5.92 Å². The number of hydrogen-bond acceptors (Lipinski definition) is 1. The molecule has 4 heteroatoms. The highest BCUT2D eigenvalue weighted by atomic mass is 35.5. The molecule has 1 fully saturated rings. The molecule has 0 amide bonds. The number of aryl methyl sites for hydroxylation is 1. The normalized spacial score (nSPS) is 23.1. The Bertz CT molecular complexity index is 417. The molecule has 1 aromatic rings. The third kappa shape index (κ3) is 2.69. The molecule has 0 aromatic heterocycles. The second-order valence-electron chi connectivity index (χ2n) is 4.21. The second kappa shape index (κ2) is 4.64. The van der Waals surface area contributed by atoms with E-state index >= 15 is 0 Å². The van der Waals surface area contributed by atoms with Crippen molar-refractivity contribution in [1.29, 1.82) is 0 Å². The van der Waals surface area contributed by atoms with Gasteiger partial charge >= 0.3 is 5.97 Å². The Morgan fingerprint density at radius 2 is 2.19 bits per heavy atom. The Balaban J connectivity index is 1.91. The molecule has 0 aliphatic heterocycles. The van der Waals surface area contributed by atoms with Crippen molar-refractivity contribution in [2.24, 2.45) is 11.8 Å². The quantitative estimate of drug-likeness (QED) is 0.896. The van der Waals surface area contributed by atoms with E-state index in [2.05, 4.69) is 0 Å². The average molecular weight is 259 g/mol. The minimum atomic E-state index is -0.679. The fourth-order valence-corrected chi connectivity index (χ4v) is 2.35. The fourth-order valence-electron chi connectivity index (χ4n) is 1.94. The highest BCUT2D eigenvalue weighted by Gasteiger charge is 2.42. The molecule has 0 saturated heterocycles. The van der Waals surface area contributed by atoms with Gasteiger partial charge in [0, 0.05) is 10.0 Å². The molecular weight excluding hydrogens is 247 g/mol. The van der Waals surface area contributed by atoms with Gasteiger partial charge in [0.05, 0.1) is 5.92 Å². The maximum absolute atomic E-state index is 10.7. The van der Waals surface area contributed by atoms with Crippen molar-refractivity contribution in [2.45, 2.75) is 19.3 Å². The lowest BCUT2D eigenvalue weighted by Gasteiger charge is -2.04. The van der Waals surface area contributed by atoms with Crippen molar-refractivity contribution in [3.05, 3.63) is 33.8 Å². The summed E-state index contributed by atoms with van der Waals surface area (Å²) in [7, 11) is 0. The summed E-state index contributed by atoms with van der Waals surface area (Å²) in [6.45, 7) is 0. The molecule has 1 saturated carbocycles. The Kier molecular flexibility index (Phi) is 3.41. The first-order chi connectivity index (χ1) is 7.58. The molecule has 1 aliphatic carbocycles. The number of rotatable bonds is 4. The summed E-state index contributed by atoms with van der Waals surface area (Å²) in [6, 6.07) is 5.38.